The van der Waals surface area contributed by atoms with Gasteiger partial charge in [-0.2, -0.15) is 0 Å². The molecule has 4 rings (SSSR count). The van der Waals surface area contributed by atoms with E-state index in [2.05, 4.69) is 10.2 Å². The minimum Gasteiger partial charge on any atom is -0.480 e. The van der Waals surface area contributed by atoms with E-state index in [1.54, 1.807) is 13.2 Å². The first kappa shape index (κ1) is 33.1. The quantitative estimate of drug-likeness (QED) is 0.320. The molecule has 0 aromatic heterocycles. The third-order valence-corrected chi connectivity index (χ3v) is 9.72. The van der Waals surface area contributed by atoms with Crippen molar-refractivity contribution in [2.24, 2.45) is 5.92 Å². The zero-order valence-electron chi connectivity index (χ0n) is 25.6. The van der Waals surface area contributed by atoms with E-state index in [-0.39, 0.29) is 24.3 Å². The number of carboxylic acids is 1. The Bertz CT molecular complexity index is 1360. The number of carboxylic acid groups (broad SMARTS) is 1. The summed E-state index contributed by atoms with van der Waals surface area (Å²) in [5.74, 6) is -1.51. The fourth-order valence-corrected chi connectivity index (χ4v) is 6.91. The van der Waals surface area contributed by atoms with Crippen LogP contribution in [0.5, 0.6) is 0 Å². The van der Waals surface area contributed by atoms with Crippen LogP contribution in [-0.2, 0) is 30.7 Å². The van der Waals surface area contributed by atoms with Crippen LogP contribution in [0.4, 0.5) is 0 Å². The lowest BCUT2D eigenvalue weighted by Crippen LogP contribution is -2.42. The molecule has 1 saturated heterocycles. The number of ether oxygens (including phenoxy) is 2. The number of hydrogen-bond donors (Lipinski definition) is 2. The molecule has 1 heterocycles. The van der Waals surface area contributed by atoms with Gasteiger partial charge in [-0.25, -0.2) is 13.2 Å². The summed E-state index contributed by atoms with van der Waals surface area (Å²) in [5.41, 5.74) is 3.92. The van der Waals surface area contributed by atoms with Gasteiger partial charge in [-0.1, -0.05) is 49.6 Å². The van der Waals surface area contributed by atoms with Crippen molar-refractivity contribution >= 4 is 21.7 Å². The third kappa shape index (κ3) is 9.60. The highest BCUT2D eigenvalue weighted by molar-refractivity contribution is 7.90. The number of carbonyl (C=O) groups is 2. The second-order valence-electron chi connectivity index (χ2n) is 12.2. The molecule has 2 fully saturated rings. The van der Waals surface area contributed by atoms with E-state index in [0.717, 1.165) is 42.5 Å². The van der Waals surface area contributed by atoms with Gasteiger partial charge in [-0.15, -0.1) is 0 Å². The SMILES string of the molecule is COC1CC(COCC2CCCCC2)N(Cc2ccc(C(=O)NC(CCS(C)(=O)=O)C(=O)O)c(-c3ccccc3C)c2)C1. The van der Waals surface area contributed by atoms with Crippen molar-refractivity contribution in [3.05, 3.63) is 59.2 Å². The topological polar surface area (TPSA) is 122 Å². The van der Waals surface area contributed by atoms with E-state index >= 15 is 0 Å². The Labute approximate surface area is 255 Å². The summed E-state index contributed by atoms with van der Waals surface area (Å²) >= 11 is 0. The maximum Gasteiger partial charge on any atom is 0.326 e. The monoisotopic (exact) mass is 614 g/mol. The van der Waals surface area contributed by atoms with Gasteiger partial charge in [0.25, 0.3) is 5.91 Å². The van der Waals surface area contributed by atoms with Crippen molar-refractivity contribution in [3.8, 4) is 11.1 Å². The molecule has 1 saturated carbocycles. The molecule has 0 radical (unpaired) electrons. The Morgan fingerprint density at radius 2 is 1.81 bits per heavy atom. The summed E-state index contributed by atoms with van der Waals surface area (Å²) < 4.78 is 35.2. The maximum absolute atomic E-state index is 13.5. The average Bonchev–Trinajstić information content (AvgIpc) is 3.36. The third-order valence-electron chi connectivity index (χ3n) is 8.74. The Kier molecular flexibility index (Phi) is 11.8. The number of sulfone groups is 1. The summed E-state index contributed by atoms with van der Waals surface area (Å²) in [7, 11) is -1.64. The molecule has 2 aliphatic rings. The Hall–Kier alpha value is -2.79. The average molecular weight is 615 g/mol. The molecular weight excluding hydrogens is 568 g/mol. The highest BCUT2D eigenvalue weighted by atomic mass is 32.2. The van der Waals surface area contributed by atoms with Gasteiger partial charge in [-0.05, 0) is 72.9 Å². The molecule has 10 heteroatoms. The molecule has 0 spiro atoms. The van der Waals surface area contributed by atoms with Crippen LogP contribution in [0.1, 0.15) is 66.4 Å². The molecule has 2 N–H and O–H groups in total. The van der Waals surface area contributed by atoms with E-state index in [1.807, 2.05) is 43.3 Å². The number of rotatable bonds is 14. The van der Waals surface area contributed by atoms with Crippen molar-refractivity contribution < 1.29 is 32.6 Å². The van der Waals surface area contributed by atoms with Crippen molar-refractivity contribution in [1.29, 1.82) is 0 Å². The number of nitrogens with one attached hydrogen (secondary N) is 1. The second kappa shape index (κ2) is 15.3. The second-order valence-corrected chi connectivity index (χ2v) is 14.5. The highest BCUT2D eigenvalue weighted by Crippen LogP contribution is 2.31. The molecule has 0 bridgehead atoms. The lowest BCUT2D eigenvalue weighted by atomic mass is 9.90. The smallest absolute Gasteiger partial charge is 0.326 e. The van der Waals surface area contributed by atoms with Crippen LogP contribution < -0.4 is 5.32 Å². The first-order valence-electron chi connectivity index (χ1n) is 15.3. The van der Waals surface area contributed by atoms with Crippen molar-refractivity contribution in [3.63, 3.8) is 0 Å². The van der Waals surface area contributed by atoms with Gasteiger partial charge in [0, 0.05) is 44.7 Å². The molecule has 3 atom stereocenters. The van der Waals surface area contributed by atoms with Gasteiger partial charge in [0.2, 0.25) is 0 Å². The van der Waals surface area contributed by atoms with E-state index in [4.69, 9.17) is 9.47 Å². The fraction of sp³-hybridized carbons (Fsp3) is 0.576. The van der Waals surface area contributed by atoms with E-state index in [0.29, 0.717) is 30.2 Å². The molecule has 43 heavy (non-hydrogen) atoms. The van der Waals surface area contributed by atoms with Gasteiger partial charge in [0.1, 0.15) is 15.9 Å². The Morgan fingerprint density at radius 3 is 2.49 bits per heavy atom. The summed E-state index contributed by atoms with van der Waals surface area (Å²) in [6.07, 6.45) is 8.29. The van der Waals surface area contributed by atoms with Crippen molar-refractivity contribution in [2.45, 2.75) is 76.6 Å². The highest BCUT2D eigenvalue weighted by Gasteiger charge is 2.33. The number of nitrogens with zero attached hydrogens (tertiary/aromatic N) is 1. The number of aliphatic carboxylic acids is 1. The van der Waals surface area contributed by atoms with Crippen LogP contribution in [0, 0.1) is 12.8 Å². The summed E-state index contributed by atoms with van der Waals surface area (Å²) in [4.78, 5) is 27.7. The molecular formula is C33H46N2O7S. The summed E-state index contributed by atoms with van der Waals surface area (Å²) in [6, 6.07) is 12.3. The zero-order chi connectivity index (χ0) is 31.0. The van der Waals surface area contributed by atoms with Crippen LogP contribution in [-0.4, -0.2) is 87.4 Å². The molecule has 2 aromatic carbocycles. The largest absolute Gasteiger partial charge is 0.480 e. The van der Waals surface area contributed by atoms with Crippen LogP contribution in [0.2, 0.25) is 0 Å². The lowest BCUT2D eigenvalue weighted by Gasteiger charge is -2.26. The normalized spacial score (nSPS) is 20.6. The number of hydrogen-bond acceptors (Lipinski definition) is 7. The maximum atomic E-state index is 13.5. The van der Waals surface area contributed by atoms with Crippen molar-refractivity contribution in [2.75, 3.05) is 38.9 Å². The van der Waals surface area contributed by atoms with Gasteiger partial charge in [0.15, 0.2) is 0 Å². The van der Waals surface area contributed by atoms with E-state index in [9.17, 15) is 23.1 Å². The molecule has 1 amide bonds. The van der Waals surface area contributed by atoms with Gasteiger partial charge >= 0.3 is 5.97 Å². The Balaban J connectivity index is 1.54. The molecule has 1 aliphatic heterocycles. The van der Waals surface area contributed by atoms with Gasteiger partial charge in [0.05, 0.1) is 18.5 Å². The minimum absolute atomic E-state index is 0.129. The first-order chi connectivity index (χ1) is 20.5. The molecule has 3 unspecified atom stereocenters. The molecule has 9 nitrogen and oxygen atoms in total. The summed E-state index contributed by atoms with van der Waals surface area (Å²) in [6.45, 7) is 4.89. The predicted octanol–water partition coefficient (Wildman–Crippen LogP) is 4.47. The number of methoxy groups -OCH3 is 1. The van der Waals surface area contributed by atoms with Crippen LogP contribution in [0.15, 0.2) is 42.5 Å². The standard InChI is InChI=1S/C33H46N2O7S/c1-23-9-7-8-12-28(23)30-17-25(13-14-29(30)32(36)34-31(33(37)38)15-16-43(3,39)40)19-35-20-27(41-2)18-26(35)22-42-21-24-10-5-4-6-11-24/h7-9,12-14,17,24,26-27,31H,4-6,10-11,15-16,18-22H2,1-3H3,(H,34,36)(H,37,38). The zero-order valence-corrected chi connectivity index (χ0v) is 26.4. The molecule has 2 aromatic rings. The molecule has 236 valence electrons. The van der Waals surface area contributed by atoms with Crippen LogP contribution in [0.3, 0.4) is 0 Å². The first-order valence-corrected chi connectivity index (χ1v) is 17.3. The minimum atomic E-state index is -3.39. The van der Waals surface area contributed by atoms with Crippen molar-refractivity contribution in [1.82, 2.24) is 10.2 Å². The predicted molar refractivity (Wildman–Crippen MR) is 167 cm³/mol. The van der Waals surface area contributed by atoms with Gasteiger partial charge < -0.3 is 19.9 Å². The fourth-order valence-electron chi connectivity index (χ4n) is 6.25. The number of carbonyl (C=O) groups excluding carboxylic acids is 1. The lowest BCUT2D eigenvalue weighted by molar-refractivity contribution is -0.139. The number of aryl methyl sites for hydroxylation is 1. The van der Waals surface area contributed by atoms with E-state index in [1.165, 1.54) is 32.1 Å². The van der Waals surface area contributed by atoms with Gasteiger partial charge in [-0.3, -0.25) is 9.69 Å². The van der Waals surface area contributed by atoms with Crippen LogP contribution in [0.25, 0.3) is 11.1 Å². The van der Waals surface area contributed by atoms with E-state index < -0.39 is 27.8 Å². The molecule has 1 aliphatic carbocycles. The van der Waals surface area contributed by atoms with Crippen LogP contribution >= 0.6 is 0 Å². The number of amides is 1. The number of likely N-dealkylation sites (tertiary alicyclic amines) is 1. The Morgan fingerprint density at radius 1 is 1.07 bits per heavy atom. The number of benzene rings is 2. The summed E-state index contributed by atoms with van der Waals surface area (Å²) in [5, 5.41) is 12.2.